The minimum Gasteiger partial charge on any atom is -0.459 e. The number of carbonyl (C=O) groups excluding carboxylic acids is 1. The Bertz CT molecular complexity index is 991. The molecule has 0 saturated carbocycles. The Hall–Kier alpha value is -2.40. The summed E-state index contributed by atoms with van der Waals surface area (Å²) in [6.07, 6.45) is -0.260. The van der Waals surface area contributed by atoms with Crippen molar-refractivity contribution in [3.05, 3.63) is 50.8 Å². The molecule has 5 nitrogen and oxygen atoms in total. The van der Waals surface area contributed by atoms with Gasteiger partial charge in [-0.1, -0.05) is 11.6 Å². The molecule has 0 fully saturated rings. The molecule has 1 aromatic carbocycles. The number of carbonyl (C=O) groups is 1. The van der Waals surface area contributed by atoms with Crippen LogP contribution >= 0.6 is 11.6 Å². The smallest absolute Gasteiger partial charge is 0.340 e. The Morgan fingerprint density at radius 2 is 2.00 bits per heavy atom. The second kappa shape index (κ2) is 5.66. The molecule has 0 aliphatic rings. The van der Waals surface area contributed by atoms with E-state index in [9.17, 15) is 9.59 Å². The number of pyridine rings is 1. The first-order chi connectivity index (χ1) is 10.9. The number of esters is 1. The maximum Gasteiger partial charge on any atom is 0.340 e. The number of hydrogen-bond donors (Lipinski definition) is 0. The Kier molecular flexibility index (Phi) is 3.82. The highest BCUT2D eigenvalue weighted by molar-refractivity contribution is 6.31. The molecule has 0 spiro atoms. The summed E-state index contributed by atoms with van der Waals surface area (Å²) in [6.45, 7) is 5.18. The fourth-order valence-electron chi connectivity index (χ4n) is 2.33. The van der Waals surface area contributed by atoms with Crippen molar-refractivity contribution in [1.29, 1.82) is 0 Å². The molecule has 0 bridgehead atoms. The molecule has 3 aromatic rings. The second-order valence-electron chi connectivity index (χ2n) is 5.50. The van der Waals surface area contributed by atoms with Gasteiger partial charge in [-0.25, -0.2) is 9.78 Å². The van der Waals surface area contributed by atoms with E-state index in [0.717, 1.165) is 0 Å². The first kappa shape index (κ1) is 15.5. The van der Waals surface area contributed by atoms with E-state index in [0.29, 0.717) is 21.7 Å². The van der Waals surface area contributed by atoms with Crippen LogP contribution in [0.5, 0.6) is 0 Å². The van der Waals surface area contributed by atoms with Crippen molar-refractivity contribution in [2.75, 3.05) is 0 Å². The van der Waals surface area contributed by atoms with Gasteiger partial charge in [0.1, 0.15) is 5.58 Å². The summed E-state index contributed by atoms with van der Waals surface area (Å²) in [5.74, 6) is -0.516. The minimum atomic E-state index is -0.516. The fourth-order valence-corrected chi connectivity index (χ4v) is 2.50. The predicted molar refractivity (Wildman–Crippen MR) is 88.1 cm³/mol. The quantitative estimate of drug-likeness (QED) is 0.526. The van der Waals surface area contributed by atoms with Crippen molar-refractivity contribution in [2.45, 2.75) is 26.9 Å². The summed E-state index contributed by atoms with van der Waals surface area (Å²) in [5, 5.41) is 1.00. The number of benzene rings is 1. The lowest BCUT2D eigenvalue weighted by Gasteiger charge is -2.10. The average molecular weight is 332 g/mol. The number of nitrogens with zero attached hydrogens (tertiary/aromatic N) is 1. The van der Waals surface area contributed by atoms with E-state index in [1.54, 1.807) is 32.9 Å². The third-order valence-corrected chi connectivity index (χ3v) is 3.61. The van der Waals surface area contributed by atoms with E-state index >= 15 is 0 Å². The maximum atomic E-state index is 12.6. The number of fused-ring (bicyclic) bond motifs is 2. The Morgan fingerprint density at radius 1 is 1.26 bits per heavy atom. The molecule has 0 N–H and O–H groups in total. The number of halogens is 1. The van der Waals surface area contributed by atoms with Crippen molar-refractivity contribution >= 4 is 39.6 Å². The van der Waals surface area contributed by atoms with Crippen LogP contribution < -0.4 is 5.43 Å². The molecule has 23 heavy (non-hydrogen) atoms. The lowest BCUT2D eigenvalue weighted by molar-refractivity contribution is 0.0376. The third kappa shape index (κ3) is 2.80. The predicted octanol–water partition coefficient (Wildman–Crippen LogP) is 3.87. The molecule has 0 aliphatic heterocycles. The number of ether oxygens (including phenoxy) is 1. The van der Waals surface area contributed by atoms with Crippen LogP contribution in [0.3, 0.4) is 0 Å². The van der Waals surface area contributed by atoms with E-state index in [4.69, 9.17) is 20.8 Å². The average Bonchev–Trinajstić information content (AvgIpc) is 2.47. The lowest BCUT2D eigenvalue weighted by Crippen LogP contribution is -2.14. The largest absolute Gasteiger partial charge is 0.459 e. The van der Waals surface area contributed by atoms with Gasteiger partial charge in [0.05, 0.1) is 28.1 Å². The van der Waals surface area contributed by atoms with Crippen LogP contribution in [0.1, 0.15) is 29.9 Å². The number of aryl methyl sites for hydroxylation is 1. The van der Waals surface area contributed by atoms with Gasteiger partial charge in [-0.05, 0) is 45.0 Å². The Morgan fingerprint density at radius 3 is 2.70 bits per heavy atom. The van der Waals surface area contributed by atoms with Crippen LogP contribution in [0, 0.1) is 6.92 Å². The van der Waals surface area contributed by atoms with Crippen LogP contribution in [0.4, 0.5) is 0 Å². The zero-order valence-corrected chi connectivity index (χ0v) is 13.6. The SMILES string of the molecule is Cc1nc2oc3ccc(Cl)cc3c(=O)c2cc1C(=O)OC(C)C. The van der Waals surface area contributed by atoms with Gasteiger partial charge in [0.15, 0.2) is 0 Å². The Labute approximate surface area is 136 Å². The van der Waals surface area contributed by atoms with Gasteiger partial charge >= 0.3 is 5.97 Å². The van der Waals surface area contributed by atoms with Gasteiger partial charge in [-0.3, -0.25) is 4.79 Å². The van der Waals surface area contributed by atoms with Gasteiger partial charge in [0, 0.05) is 5.02 Å². The Balaban J connectivity index is 2.29. The molecule has 3 rings (SSSR count). The normalized spacial score (nSPS) is 11.3. The summed E-state index contributed by atoms with van der Waals surface area (Å²) in [6, 6.07) is 6.26. The van der Waals surface area contributed by atoms with Crippen LogP contribution in [0.15, 0.2) is 33.5 Å². The zero-order valence-electron chi connectivity index (χ0n) is 12.8. The lowest BCUT2D eigenvalue weighted by atomic mass is 10.1. The van der Waals surface area contributed by atoms with Crippen LogP contribution in [-0.4, -0.2) is 17.1 Å². The number of hydrogen-bond acceptors (Lipinski definition) is 5. The van der Waals surface area contributed by atoms with Crippen molar-refractivity contribution < 1.29 is 13.9 Å². The molecule has 0 radical (unpaired) electrons. The monoisotopic (exact) mass is 331 g/mol. The topological polar surface area (TPSA) is 69.4 Å². The maximum absolute atomic E-state index is 12.6. The first-order valence-electron chi connectivity index (χ1n) is 7.11. The molecular weight excluding hydrogens is 318 g/mol. The fraction of sp³-hybridized carbons (Fsp3) is 0.235. The molecule has 0 saturated heterocycles. The zero-order chi connectivity index (χ0) is 16.7. The van der Waals surface area contributed by atoms with E-state index in [-0.39, 0.29) is 28.2 Å². The van der Waals surface area contributed by atoms with Gasteiger partial charge < -0.3 is 9.15 Å². The van der Waals surface area contributed by atoms with E-state index < -0.39 is 5.97 Å². The number of rotatable bonds is 2. The number of aromatic nitrogens is 1. The summed E-state index contributed by atoms with van der Waals surface area (Å²) < 4.78 is 10.8. The van der Waals surface area contributed by atoms with Crippen molar-refractivity contribution in [2.24, 2.45) is 0 Å². The van der Waals surface area contributed by atoms with Gasteiger partial charge in [-0.2, -0.15) is 0 Å². The highest BCUT2D eigenvalue weighted by atomic mass is 35.5. The summed E-state index contributed by atoms with van der Waals surface area (Å²) >= 11 is 5.94. The van der Waals surface area contributed by atoms with Crippen LogP contribution in [0.25, 0.3) is 22.1 Å². The van der Waals surface area contributed by atoms with Gasteiger partial charge in [0.25, 0.3) is 0 Å². The van der Waals surface area contributed by atoms with Crippen LogP contribution in [-0.2, 0) is 4.74 Å². The first-order valence-corrected chi connectivity index (χ1v) is 7.49. The molecule has 2 aromatic heterocycles. The van der Waals surface area contributed by atoms with Crippen molar-refractivity contribution in [1.82, 2.24) is 4.98 Å². The van der Waals surface area contributed by atoms with E-state index in [2.05, 4.69) is 4.98 Å². The molecule has 2 heterocycles. The third-order valence-electron chi connectivity index (χ3n) is 3.38. The summed E-state index contributed by atoms with van der Waals surface area (Å²) in [4.78, 5) is 29.0. The molecule has 118 valence electrons. The molecule has 6 heteroatoms. The molecule has 0 amide bonds. The minimum absolute atomic E-state index is 0.184. The van der Waals surface area contributed by atoms with Gasteiger partial charge in [0.2, 0.25) is 11.1 Å². The highest BCUT2D eigenvalue weighted by Gasteiger charge is 2.18. The standard InChI is InChI=1S/C17H14ClNO4/c1-8(2)22-17(21)11-7-13-15(20)12-6-10(18)4-5-14(12)23-16(13)19-9(11)3/h4-8H,1-3H3. The molecule has 0 atom stereocenters. The van der Waals surface area contributed by atoms with E-state index in [1.807, 2.05) is 0 Å². The van der Waals surface area contributed by atoms with Crippen LogP contribution in [0.2, 0.25) is 5.02 Å². The summed E-state index contributed by atoms with van der Waals surface area (Å²) in [5.41, 5.74) is 0.995. The van der Waals surface area contributed by atoms with E-state index in [1.165, 1.54) is 12.1 Å². The molecule has 0 aliphatic carbocycles. The second-order valence-corrected chi connectivity index (χ2v) is 5.94. The van der Waals surface area contributed by atoms with Crippen molar-refractivity contribution in [3.8, 4) is 0 Å². The summed E-state index contributed by atoms with van der Waals surface area (Å²) in [7, 11) is 0. The highest BCUT2D eigenvalue weighted by Crippen LogP contribution is 2.22. The van der Waals surface area contributed by atoms with Crippen molar-refractivity contribution in [3.63, 3.8) is 0 Å². The van der Waals surface area contributed by atoms with Gasteiger partial charge in [-0.15, -0.1) is 0 Å². The molecular formula is C17H14ClNO4. The molecule has 0 unspecified atom stereocenters.